The zero-order chi connectivity index (χ0) is 21.8. The summed E-state index contributed by atoms with van der Waals surface area (Å²) in [6, 6.07) is 15.1. The fourth-order valence-electron chi connectivity index (χ4n) is 3.15. The minimum atomic E-state index is -3.60. The zero-order valence-electron chi connectivity index (χ0n) is 16.9. The molecule has 0 radical (unpaired) electrons. The average molecular weight is 475 g/mol. The van der Waals surface area contributed by atoms with E-state index in [9.17, 15) is 13.2 Å². The molecule has 2 heterocycles. The van der Waals surface area contributed by atoms with E-state index in [-0.39, 0.29) is 15.0 Å². The number of hydrogen-bond donors (Lipinski definition) is 1. The standard InChI is InChI=1S/C21H22N4O3S3/c1-24-10-12-25(13-11-24)21(26)30-23-20-22-19(15-29-20)16-6-5-9-18(14-16)31(27,28)17-7-3-2-4-8-17/h2-9,14-15H,10-13H2,1H3,(H,22,23). The number of piperazine rings is 1. The van der Waals surface area contributed by atoms with Gasteiger partial charge in [-0.3, -0.25) is 9.52 Å². The lowest BCUT2D eigenvalue weighted by molar-refractivity contribution is 0.172. The van der Waals surface area contributed by atoms with E-state index >= 15 is 0 Å². The number of nitrogens with zero attached hydrogens (tertiary/aromatic N) is 3. The molecule has 31 heavy (non-hydrogen) atoms. The third-order valence-electron chi connectivity index (χ3n) is 4.98. The van der Waals surface area contributed by atoms with Crippen molar-refractivity contribution >= 4 is 43.5 Å². The van der Waals surface area contributed by atoms with Crippen molar-refractivity contribution in [2.24, 2.45) is 0 Å². The van der Waals surface area contributed by atoms with Gasteiger partial charge in [-0.1, -0.05) is 30.3 Å². The first-order valence-corrected chi connectivity index (χ1v) is 12.9. The third-order valence-corrected chi connectivity index (χ3v) is 8.37. The molecule has 1 aliphatic heterocycles. The quantitative estimate of drug-likeness (QED) is 0.558. The number of sulfone groups is 1. The smallest absolute Gasteiger partial charge is 0.302 e. The van der Waals surface area contributed by atoms with E-state index in [1.807, 2.05) is 23.4 Å². The van der Waals surface area contributed by atoms with Gasteiger partial charge in [0.15, 0.2) is 5.13 Å². The van der Waals surface area contributed by atoms with Gasteiger partial charge in [0.1, 0.15) is 0 Å². The number of anilines is 1. The molecule has 0 atom stereocenters. The molecule has 1 N–H and O–H groups in total. The molecule has 1 aliphatic rings. The van der Waals surface area contributed by atoms with Crippen LogP contribution in [-0.2, 0) is 9.84 Å². The van der Waals surface area contributed by atoms with Gasteiger partial charge in [0.05, 0.1) is 15.5 Å². The van der Waals surface area contributed by atoms with Gasteiger partial charge in [-0.2, -0.15) is 0 Å². The first-order valence-electron chi connectivity index (χ1n) is 9.70. The number of hydrogen-bond acceptors (Lipinski definition) is 8. The van der Waals surface area contributed by atoms with Crippen LogP contribution in [0.25, 0.3) is 11.3 Å². The van der Waals surface area contributed by atoms with E-state index in [1.54, 1.807) is 48.5 Å². The van der Waals surface area contributed by atoms with Crippen LogP contribution in [0.5, 0.6) is 0 Å². The molecule has 7 nitrogen and oxygen atoms in total. The lowest BCUT2D eigenvalue weighted by Gasteiger charge is -2.31. The number of thiazole rings is 1. The van der Waals surface area contributed by atoms with E-state index in [1.165, 1.54) is 11.3 Å². The Morgan fingerprint density at radius 2 is 1.74 bits per heavy atom. The normalized spacial score (nSPS) is 15.1. The highest BCUT2D eigenvalue weighted by Crippen LogP contribution is 2.30. The van der Waals surface area contributed by atoms with Crippen molar-refractivity contribution in [1.82, 2.24) is 14.8 Å². The van der Waals surface area contributed by atoms with Crippen LogP contribution in [0.15, 0.2) is 69.8 Å². The highest BCUT2D eigenvalue weighted by atomic mass is 32.2. The van der Waals surface area contributed by atoms with Crippen LogP contribution in [0.4, 0.5) is 9.93 Å². The Bertz CT molecular complexity index is 1160. The first kappa shape index (κ1) is 21.8. The van der Waals surface area contributed by atoms with Crippen molar-refractivity contribution in [3.63, 3.8) is 0 Å². The van der Waals surface area contributed by atoms with Crippen LogP contribution in [0.2, 0.25) is 0 Å². The van der Waals surface area contributed by atoms with E-state index in [0.717, 1.165) is 38.1 Å². The summed E-state index contributed by atoms with van der Waals surface area (Å²) in [6.07, 6.45) is 0. The first-order chi connectivity index (χ1) is 14.9. The molecule has 4 rings (SSSR count). The van der Waals surface area contributed by atoms with Crippen LogP contribution >= 0.6 is 23.3 Å². The van der Waals surface area contributed by atoms with E-state index in [0.29, 0.717) is 16.4 Å². The van der Waals surface area contributed by atoms with Gasteiger partial charge >= 0.3 is 5.24 Å². The van der Waals surface area contributed by atoms with Gasteiger partial charge in [-0.05, 0) is 31.3 Å². The summed E-state index contributed by atoms with van der Waals surface area (Å²) in [6.45, 7) is 3.18. The molecular formula is C21H22N4O3S3. The molecule has 3 aromatic rings. The summed E-state index contributed by atoms with van der Waals surface area (Å²) < 4.78 is 28.8. The van der Waals surface area contributed by atoms with Crippen LogP contribution in [0, 0.1) is 0 Å². The van der Waals surface area contributed by atoms with Crippen molar-refractivity contribution in [2.75, 3.05) is 37.9 Å². The van der Waals surface area contributed by atoms with Gasteiger partial charge in [-0.25, -0.2) is 13.4 Å². The Labute approximate surface area is 190 Å². The number of amides is 1. The average Bonchev–Trinajstić information content (AvgIpc) is 3.28. The lowest BCUT2D eigenvalue weighted by atomic mass is 10.2. The fraction of sp³-hybridized carbons (Fsp3) is 0.238. The molecule has 10 heteroatoms. The number of aromatic nitrogens is 1. The van der Waals surface area contributed by atoms with Crippen molar-refractivity contribution < 1.29 is 13.2 Å². The Kier molecular flexibility index (Phi) is 6.61. The predicted octanol–water partition coefficient (Wildman–Crippen LogP) is 4.07. The van der Waals surface area contributed by atoms with Crippen molar-refractivity contribution in [3.05, 3.63) is 60.0 Å². The van der Waals surface area contributed by atoms with Gasteiger partial charge in [0.25, 0.3) is 0 Å². The monoisotopic (exact) mass is 474 g/mol. The summed E-state index contributed by atoms with van der Waals surface area (Å²) in [5.74, 6) is 0. The Balaban J connectivity index is 1.45. The highest BCUT2D eigenvalue weighted by Gasteiger charge is 2.21. The Morgan fingerprint density at radius 1 is 1.03 bits per heavy atom. The number of carbonyl (C=O) groups excluding carboxylic acids is 1. The molecule has 2 aromatic carbocycles. The summed E-state index contributed by atoms with van der Waals surface area (Å²) in [5.41, 5.74) is 1.36. The molecule has 1 amide bonds. The highest BCUT2D eigenvalue weighted by molar-refractivity contribution is 8.14. The molecule has 0 bridgehead atoms. The molecule has 162 valence electrons. The molecule has 1 fully saturated rings. The minimum absolute atomic E-state index is 0.0270. The van der Waals surface area contributed by atoms with Gasteiger partial charge < -0.3 is 9.80 Å². The Hall–Kier alpha value is -2.40. The topological polar surface area (TPSA) is 82.6 Å². The number of benzene rings is 2. The maximum atomic E-state index is 12.9. The summed E-state index contributed by atoms with van der Waals surface area (Å²) in [7, 11) is -1.55. The fourth-order valence-corrected chi connectivity index (χ4v) is 5.89. The molecule has 0 aliphatic carbocycles. The van der Waals surface area contributed by atoms with E-state index in [4.69, 9.17) is 0 Å². The van der Waals surface area contributed by atoms with Crippen molar-refractivity contribution in [1.29, 1.82) is 0 Å². The third kappa shape index (κ3) is 5.09. The summed E-state index contributed by atoms with van der Waals surface area (Å²) >= 11 is 2.39. The van der Waals surface area contributed by atoms with Crippen molar-refractivity contribution in [2.45, 2.75) is 9.79 Å². The number of nitrogens with one attached hydrogen (secondary N) is 1. The van der Waals surface area contributed by atoms with Crippen molar-refractivity contribution in [3.8, 4) is 11.3 Å². The van der Waals surface area contributed by atoms with Gasteiger partial charge in [-0.15, -0.1) is 11.3 Å². The molecular weight excluding hydrogens is 452 g/mol. The number of carbonyl (C=O) groups is 1. The zero-order valence-corrected chi connectivity index (χ0v) is 19.3. The molecule has 0 saturated carbocycles. The van der Waals surface area contributed by atoms with E-state index in [2.05, 4.69) is 14.6 Å². The van der Waals surface area contributed by atoms with Crippen LogP contribution < -0.4 is 4.72 Å². The van der Waals surface area contributed by atoms with Gasteiger partial charge in [0.2, 0.25) is 9.84 Å². The minimum Gasteiger partial charge on any atom is -0.330 e. The summed E-state index contributed by atoms with van der Waals surface area (Å²) in [4.78, 5) is 21.4. The Morgan fingerprint density at radius 3 is 2.48 bits per heavy atom. The molecule has 0 spiro atoms. The number of rotatable bonds is 5. The molecule has 1 aromatic heterocycles. The second kappa shape index (κ2) is 9.39. The molecule has 0 unspecified atom stereocenters. The van der Waals surface area contributed by atoms with E-state index < -0.39 is 9.84 Å². The largest absolute Gasteiger partial charge is 0.330 e. The maximum absolute atomic E-state index is 12.9. The summed E-state index contributed by atoms with van der Waals surface area (Å²) in [5, 5.41) is 2.41. The van der Waals surface area contributed by atoms with Gasteiger partial charge in [0, 0.05) is 49.1 Å². The maximum Gasteiger partial charge on any atom is 0.302 e. The molecule has 1 saturated heterocycles. The van der Waals surface area contributed by atoms with Crippen LogP contribution in [-0.4, -0.2) is 61.7 Å². The SMILES string of the molecule is CN1CCN(C(=O)SNc2nc(-c3cccc(S(=O)(=O)c4ccccc4)c3)cs2)CC1. The second-order valence-electron chi connectivity index (χ2n) is 7.14. The van der Waals surface area contributed by atoms with Crippen LogP contribution in [0.3, 0.4) is 0 Å². The number of likely N-dealkylation sites (N-methyl/N-ethyl adjacent to an activating group) is 1. The predicted molar refractivity (Wildman–Crippen MR) is 125 cm³/mol. The lowest BCUT2D eigenvalue weighted by Crippen LogP contribution is -2.46. The second-order valence-corrected chi connectivity index (χ2v) is 10.7. The van der Waals surface area contributed by atoms with Crippen LogP contribution in [0.1, 0.15) is 0 Å².